The van der Waals surface area contributed by atoms with Crippen LogP contribution in [-0.2, 0) is 42.7 Å². The lowest BCUT2D eigenvalue weighted by molar-refractivity contribution is -0.142. The minimum absolute atomic E-state index is 0.267. The summed E-state index contributed by atoms with van der Waals surface area (Å²) in [6, 6.07) is 0. The third-order valence-corrected chi connectivity index (χ3v) is 2.86. The smallest absolute Gasteiger partial charge is 0.302 e. The van der Waals surface area contributed by atoms with E-state index in [1.165, 1.54) is 13.2 Å². The highest BCUT2D eigenvalue weighted by molar-refractivity contribution is 5.65. The number of esters is 1. The molecule has 9 heteroatoms. The SMILES string of the molecule is C=COCCOCCOCCOCCOCCOCCOCCOC(C)=O. The van der Waals surface area contributed by atoms with Gasteiger partial charge in [-0.1, -0.05) is 6.58 Å². The molecule has 0 aromatic heterocycles. The Morgan fingerprint density at radius 2 is 0.889 bits per heavy atom. The molecular weight excluding hydrogens is 360 g/mol. The third kappa shape index (κ3) is 24.8. The maximum atomic E-state index is 10.5. The number of ether oxygens (including phenoxy) is 8. The van der Waals surface area contributed by atoms with Gasteiger partial charge in [0.25, 0.3) is 0 Å². The molecule has 0 aliphatic rings. The predicted molar refractivity (Wildman–Crippen MR) is 97.7 cm³/mol. The van der Waals surface area contributed by atoms with E-state index in [4.69, 9.17) is 37.9 Å². The van der Waals surface area contributed by atoms with Crippen molar-refractivity contribution in [3.05, 3.63) is 12.8 Å². The fraction of sp³-hybridized carbons (Fsp3) is 0.833. The van der Waals surface area contributed by atoms with Gasteiger partial charge >= 0.3 is 5.97 Å². The van der Waals surface area contributed by atoms with Crippen LogP contribution in [0.2, 0.25) is 0 Å². The lowest BCUT2D eigenvalue weighted by Crippen LogP contribution is -2.15. The summed E-state index contributed by atoms with van der Waals surface area (Å²) in [5.74, 6) is -0.306. The van der Waals surface area contributed by atoms with Crippen molar-refractivity contribution < 1.29 is 42.7 Å². The summed E-state index contributed by atoms with van der Waals surface area (Å²) >= 11 is 0. The highest BCUT2D eigenvalue weighted by Crippen LogP contribution is 1.85. The molecule has 0 atom stereocenters. The summed E-state index contributed by atoms with van der Waals surface area (Å²) < 4.78 is 41.6. The van der Waals surface area contributed by atoms with Crippen molar-refractivity contribution in [2.24, 2.45) is 0 Å². The topological polar surface area (TPSA) is 90.9 Å². The largest absolute Gasteiger partial charge is 0.499 e. The quantitative estimate of drug-likeness (QED) is 0.150. The van der Waals surface area contributed by atoms with E-state index in [9.17, 15) is 4.79 Å². The Kier molecular flexibility index (Phi) is 21.8. The molecule has 160 valence electrons. The first-order valence-corrected chi connectivity index (χ1v) is 9.09. The van der Waals surface area contributed by atoms with E-state index in [-0.39, 0.29) is 12.6 Å². The third-order valence-electron chi connectivity index (χ3n) is 2.86. The van der Waals surface area contributed by atoms with E-state index in [1.807, 2.05) is 0 Å². The Labute approximate surface area is 161 Å². The standard InChI is InChI=1S/C18H34O9/c1-3-20-4-5-21-6-7-22-8-9-23-10-11-24-12-13-25-14-15-26-16-17-27-18(2)19/h3H,1,4-17H2,2H3. The summed E-state index contributed by atoms with van der Waals surface area (Å²) in [5.41, 5.74) is 0. The Morgan fingerprint density at radius 1 is 0.593 bits per heavy atom. The van der Waals surface area contributed by atoms with Crippen LogP contribution in [0.4, 0.5) is 0 Å². The second kappa shape index (κ2) is 22.8. The van der Waals surface area contributed by atoms with Gasteiger partial charge in [0.15, 0.2) is 0 Å². The second-order valence-electron chi connectivity index (χ2n) is 5.05. The van der Waals surface area contributed by atoms with Gasteiger partial charge in [-0.15, -0.1) is 0 Å². The van der Waals surface area contributed by atoms with Crippen molar-refractivity contribution in [1.29, 1.82) is 0 Å². The molecule has 0 saturated heterocycles. The van der Waals surface area contributed by atoms with Gasteiger partial charge in [-0.25, -0.2) is 0 Å². The zero-order valence-electron chi connectivity index (χ0n) is 16.4. The molecule has 0 aromatic rings. The number of carbonyl (C=O) groups excluding carboxylic acids is 1. The Balaban J connectivity index is 2.99. The van der Waals surface area contributed by atoms with Gasteiger partial charge in [0.05, 0.1) is 85.5 Å². The fourth-order valence-electron chi connectivity index (χ4n) is 1.64. The van der Waals surface area contributed by atoms with Crippen molar-refractivity contribution in [2.45, 2.75) is 6.92 Å². The molecule has 0 amide bonds. The van der Waals surface area contributed by atoms with Crippen LogP contribution in [0.1, 0.15) is 6.92 Å². The normalized spacial score (nSPS) is 10.7. The van der Waals surface area contributed by atoms with Crippen LogP contribution >= 0.6 is 0 Å². The van der Waals surface area contributed by atoms with Crippen molar-refractivity contribution >= 4 is 5.97 Å². The molecule has 0 aliphatic carbocycles. The molecule has 0 heterocycles. The molecule has 27 heavy (non-hydrogen) atoms. The minimum atomic E-state index is -0.306. The molecule has 0 unspecified atom stereocenters. The van der Waals surface area contributed by atoms with Gasteiger partial charge < -0.3 is 37.9 Å². The number of carbonyl (C=O) groups is 1. The van der Waals surface area contributed by atoms with E-state index in [2.05, 4.69) is 6.58 Å². The van der Waals surface area contributed by atoms with Gasteiger partial charge in [-0.3, -0.25) is 4.79 Å². The van der Waals surface area contributed by atoms with Gasteiger partial charge in [0.2, 0.25) is 0 Å². The highest BCUT2D eigenvalue weighted by atomic mass is 16.6. The van der Waals surface area contributed by atoms with Crippen LogP contribution in [0.3, 0.4) is 0 Å². The van der Waals surface area contributed by atoms with E-state index in [0.717, 1.165) is 0 Å². The van der Waals surface area contributed by atoms with Crippen LogP contribution in [-0.4, -0.2) is 98.5 Å². The van der Waals surface area contributed by atoms with Crippen LogP contribution in [0.25, 0.3) is 0 Å². The first-order valence-electron chi connectivity index (χ1n) is 9.09. The molecule has 0 aromatic carbocycles. The average Bonchev–Trinajstić information content (AvgIpc) is 2.65. The molecule has 0 spiro atoms. The van der Waals surface area contributed by atoms with Gasteiger partial charge in [-0.05, 0) is 0 Å². The van der Waals surface area contributed by atoms with E-state index >= 15 is 0 Å². The van der Waals surface area contributed by atoms with Gasteiger partial charge in [0.1, 0.15) is 13.2 Å². The highest BCUT2D eigenvalue weighted by Gasteiger charge is 1.95. The molecule has 0 aliphatic heterocycles. The van der Waals surface area contributed by atoms with E-state index < -0.39 is 0 Å². The van der Waals surface area contributed by atoms with Gasteiger partial charge in [-0.2, -0.15) is 0 Å². The van der Waals surface area contributed by atoms with Crippen LogP contribution in [0.5, 0.6) is 0 Å². The summed E-state index contributed by atoms with van der Waals surface area (Å²) in [5, 5.41) is 0. The van der Waals surface area contributed by atoms with Crippen molar-refractivity contribution in [2.75, 3.05) is 92.5 Å². The van der Waals surface area contributed by atoms with Crippen LogP contribution < -0.4 is 0 Å². The minimum Gasteiger partial charge on any atom is -0.499 e. The summed E-state index contributed by atoms with van der Waals surface area (Å²) in [6.07, 6.45) is 1.39. The van der Waals surface area contributed by atoms with E-state index in [0.29, 0.717) is 85.9 Å². The van der Waals surface area contributed by atoms with Crippen LogP contribution in [0.15, 0.2) is 12.8 Å². The molecule has 0 fully saturated rings. The molecule has 0 N–H and O–H groups in total. The first-order chi connectivity index (χ1) is 13.3. The molecule has 9 nitrogen and oxygen atoms in total. The molecule has 0 saturated carbocycles. The summed E-state index contributed by atoms with van der Waals surface area (Å²) in [7, 11) is 0. The lowest BCUT2D eigenvalue weighted by Gasteiger charge is -2.08. The fourth-order valence-corrected chi connectivity index (χ4v) is 1.64. The molecular formula is C18H34O9. The summed E-state index contributed by atoms with van der Waals surface area (Å²) in [6.45, 7) is 11.5. The van der Waals surface area contributed by atoms with Crippen LogP contribution in [0, 0.1) is 0 Å². The molecule has 0 bridgehead atoms. The van der Waals surface area contributed by atoms with Crippen molar-refractivity contribution in [1.82, 2.24) is 0 Å². The average molecular weight is 394 g/mol. The Hall–Kier alpha value is -1.23. The zero-order chi connectivity index (χ0) is 19.8. The van der Waals surface area contributed by atoms with Crippen molar-refractivity contribution in [3.63, 3.8) is 0 Å². The second-order valence-corrected chi connectivity index (χ2v) is 5.05. The lowest BCUT2D eigenvalue weighted by atomic mass is 10.6. The molecule has 0 rings (SSSR count). The number of hydrogen-bond donors (Lipinski definition) is 0. The summed E-state index contributed by atoms with van der Waals surface area (Å²) in [4.78, 5) is 10.5. The first kappa shape index (κ1) is 25.8. The number of hydrogen-bond acceptors (Lipinski definition) is 9. The monoisotopic (exact) mass is 394 g/mol. The van der Waals surface area contributed by atoms with E-state index in [1.54, 1.807) is 0 Å². The maximum Gasteiger partial charge on any atom is 0.302 e. The zero-order valence-corrected chi connectivity index (χ0v) is 16.4. The number of rotatable bonds is 22. The Bertz CT molecular complexity index is 326. The molecule has 0 radical (unpaired) electrons. The Morgan fingerprint density at radius 3 is 1.19 bits per heavy atom. The van der Waals surface area contributed by atoms with Crippen molar-refractivity contribution in [3.8, 4) is 0 Å². The predicted octanol–water partition coefficient (Wildman–Crippen LogP) is 0.809. The van der Waals surface area contributed by atoms with Gasteiger partial charge in [0, 0.05) is 6.92 Å². The maximum absolute atomic E-state index is 10.5.